The highest BCUT2D eigenvalue weighted by atomic mass is 16.7. The van der Waals surface area contributed by atoms with E-state index in [9.17, 15) is 24.9 Å². The van der Waals surface area contributed by atoms with Crippen LogP contribution in [0, 0.1) is 57.2 Å². The lowest BCUT2D eigenvalue weighted by molar-refractivity contribution is -0.236. The zero-order valence-electron chi connectivity index (χ0n) is 28.7. The van der Waals surface area contributed by atoms with Gasteiger partial charge >= 0.3 is 5.97 Å². The highest BCUT2D eigenvalue weighted by Gasteiger charge is 2.85. The molecule has 0 aromatic rings. The minimum absolute atomic E-state index is 0.0491. The zero-order valence-corrected chi connectivity index (χ0v) is 28.7. The first-order valence-electron chi connectivity index (χ1n) is 17.6. The van der Waals surface area contributed by atoms with Crippen molar-refractivity contribution in [3.8, 4) is 0 Å². The molecule has 6 aliphatic rings. The molecule has 256 valence electrons. The molecule has 1 aliphatic heterocycles. The third kappa shape index (κ3) is 4.67. The van der Waals surface area contributed by atoms with Gasteiger partial charge in [0.1, 0.15) is 12.9 Å². The summed E-state index contributed by atoms with van der Waals surface area (Å²) in [5.41, 5.74) is -1.07. The summed E-state index contributed by atoms with van der Waals surface area (Å²) >= 11 is 0. The van der Waals surface area contributed by atoms with Crippen molar-refractivity contribution in [2.75, 3.05) is 13.2 Å². The Morgan fingerprint density at radius 2 is 1.78 bits per heavy atom. The van der Waals surface area contributed by atoms with Gasteiger partial charge in [0.25, 0.3) is 0 Å². The molecule has 5 unspecified atom stereocenters. The number of ether oxygens (including phenoxy) is 4. The van der Waals surface area contributed by atoms with E-state index in [4.69, 9.17) is 18.9 Å². The Morgan fingerprint density at radius 1 is 1.07 bits per heavy atom. The highest BCUT2D eigenvalue weighted by molar-refractivity contribution is 5.66. The van der Waals surface area contributed by atoms with E-state index in [1.54, 1.807) is 13.8 Å². The smallest absolute Gasteiger partial charge is 0.303 e. The van der Waals surface area contributed by atoms with Crippen LogP contribution in [0.25, 0.3) is 0 Å². The predicted molar refractivity (Wildman–Crippen MR) is 166 cm³/mol. The van der Waals surface area contributed by atoms with Crippen molar-refractivity contribution in [3.05, 3.63) is 0 Å². The number of hydrogen-bond acceptors (Lipinski definition) is 9. The Bertz CT molecular complexity index is 1150. The Morgan fingerprint density at radius 3 is 2.40 bits per heavy atom. The third-order valence-corrected chi connectivity index (χ3v) is 14.7. The van der Waals surface area contributed by atoms with Gasteiger partial charge in [0.05, 0.1) is 36.6 Å². The summed E-state index contributed by atoms with van der Waals surface area (Å²) in [5, 5.41) is 33.1. The fourth-order valence-corrected chi connectivity index (χ4v) is 13.4. The van der Waals surface area contributed by atoms with Crippen LogP contribution in [0.5, 0.6) is 0 Å². The Balaban J connectivity index is 1.26. The molecule has 0 radical (unpaired) electrons. The molecule has 45 heavy (non-hydrogen) atoms. The topological polar surface area (TPSA) is 132 Å². The summed E-state index contributed by atoms with van der Waals surface area (Å²) in [6, 6.07) is 0. The summed E-state index contributed by atoms with van der Waals surface area (Å²) in [4.78, 5) is 22.9. The zero-order chi connectivity index (χ0) is 32.9. The van der Waals surface area contributed by atoms with Gasteiger partial charge in [0.15, 0.2) is 12.4 Å². The van der Waals surface area contributed by atoms with Crippen LogP contribution >= 0.6 is 0 Å². The Hall–Kier alpha value is -1.10. The molecule has 0 aromatic heterocycles. The lowest BCUT2D eigenvalue weighted by Gasteiger charge is -2.60. The molecule has 6 rings (SSSR count). The molecule has 5 saturated carbocycles. The van der Waals surface area contributed by atoms with E-state index < -0.39 is 36.2 Å². The number of aliphatic hydroxyl groups is 3. The van der Waals surface area contributed by atoms with Gasteiger partial charge in [-0.1, -0.05) is 34.6 Å². The summed E-state index contributed by atoms with van der Waals surface area (Å²) in [6.45, 7) is 16.1. The number of aliphatic hydroxyl groups excluding tert-OH is 2. The van der Waals surface area contributed by atoms with Crippen molar-refractivity contribution in [2.45, 2.75) is 143 Å². The largest absolute Gasteiger partial charge is 0.457 e. The van der Waals surface area contributed by atoms with E-state index in [1.165, 1.54) is 6.92 Å². The summed E-state index contributed by atoms with van der Waals surface area (Å²) in [5.74, 6) is 1.57. The van der Waals surface area contributed by atoms with Crippen molar-refractivity contribution in [1.82, 2.24) is 0 Å². The van der Waals surface area contributed by atoms with Crippen LogP contribution in [0.1, 0.15) is 100 Å². The van der Waals surface area contributed by atoms with Gasteiger partial charge in [-0.15, -0.1) is 0 Å². The summed E-state index contributed by atoms with van der Waals surface area (Å²) in [7, 11) is 0. The van der Waals surface area contributed by atoms with Crippen molar-refractivity contribution >= 4 is 12.3 Å². The first kappa shape index (κ1) is 33.8. The maximum Gasteiger partial charge on any atom is 0.303 e. The van der Waals surface area contributed by atoms with E-state index in [-0.39, 0.29) is 64.8 Å². The Kier molecular flexibility index (Phi) is 8.43. The second kappa shape index (κ2) is 11.2. The van der Waals surface area contributed by atoms with Crippen molar-refractivity contribution < 1.29 is 43.9 Å². The molecule has 2 spiro atoms. The van der Waals surface area contributed by atoms with E-state index in [0.717, 1.165) is 38.5 Å². The maximum absolute atomic E-state index is 12.3. The average Bonchev–Trinajstić information content (AvgIpc) is 3.39. The number of carbonyl (C=O) groups excluding carboxylic acids is 2. The number of rotatable bonds is 9. The molecule has 0 bridgehead atoms. The van der Waals surface area contributed by atoms with Crippen molar-refractivity contribution in [1.29, 1.82) is 0 Å². The molecule has 1 heterocycles. The normalized spacial score (nSPS) is 49.3. The molecule has 9 nitrogen and oxygen atoms in total. The van der Waals surface area contributed by atoms with Crippen LogP contribution in [0.2, 0.25) is 0 Å². The second-order valence-corrected chi connectivity index (χ2v) is 17.2. The molecule has 9 heteroatoms. The fraction of sp³-hybridized carbons (Fsp3) is 0.944. The molecule has 15 atom stereocenters. The Labute approximate surface area is 269 Å². The quantitative estimate of drug-likeness (QED) is 0.193. The SMILES string of the molecule is CC(=O)O[C@@H]([C@H]1C[C@@H](C)C2[C@H](O1)[C@H](O)C1[C@@H]3CCC4C(C)(C)[C@@H](OC(CO)OCC=O)CCC45[C@@H](C)[C@@]35CC[C@]21C)C(C)(C)O. The third-order valence-electron chi connectivity index (χ3n) is 14.7. The number of esters is 1. The average molecular weight is 635 g/mol. The number of carbonyl (C=O) groups is 2. The predicted octanol–water partition coefficient (Wildman–Crippen LogP) is 4.28. The minimum Gasteiger partial charge on any atom is -0.457 e. The van der Waals surface area contributed by atoms with Crippen LogP contribution < -0.4 is 0 Å². The maximum atomic E-state index is 12.3. The van der Waals surface area contributed by atoms with E-state index in [1.807, 2.05) is 0 Å². The van der Waals surface area contributed by atoms with Crippen molar-refractivity contribution in [3.63, 3.8) is 0 Å². The molecular formula is C36H58O9. The highest BCUT2D eigenvalue weighted by Crippen LogP contribution is 2.89. The first-order valence-corrected chi connectivity index (χ1v) is 17.6. The molecule has 3 N–H and O–H groups in total. The standard InChI is InChI=1S/C36H58O9/c1-19-17-23(31(33(6,7)41)43-21(3)39)44-30-27(19)34(8)13-14-35-20(2)36(35)12-11-25(45-26(18-38)42-16-15-37)32(4,5)24(36)10-9-22(35)28(34)29(30)40/h15,19-20,22-31,38,40-41H,9-14,16-18H2,1-8H3/t19-,20+,22+,23-,24?,25+,26?,27?,28?,29-,30+,31+,34-,35+,36?/m1/s1. The van der Waals surface area contributed by atoms with Gasteiger partial charge < -0.3 is 39.1 Å². The molecule has 0 amide bonds. The molecule has 0 aromatic carbocycles. The van der Waals surface area contributed by atoms with Gasteiger partial charge in [-0.05, 0) is 116 Å². The number of fused-ring (bicyclic) bond motifs is 4. The number of hydrogen-bond donors (Lipinski definition) is 3. The van der Waals surface area contributed by atoms with Gasteiger partial charge in [-0.2, -0.15) is 0 Å². The lowest BCUT2D eigenvalue weighted by atomic mass is 9.45. The molecular weight excluding hydrogens is 576 g/mol. The van der Waals surface area contributed by atoms with Crippen LogP contribution in [-0.2, 0) is 28.5 Å². The molecule has 5 aliphatic carbocycles. The lowest BCUT2D eigenvalue weighted by Crippen LogP contribution is -2.56. The fourth-order valence-electron chi connectivity index (χ4n) is 13.4. The summed E-state index contributed by atoms with van der Waals surface area (Å²) < 4.78 is 24.2. The van der Waals surface area contributed by atoms with Crippen LogP contribution in [0.4, 0.5) is 0 Å². The van der Waals surface area contributed by atoms with Gasteiger partial charge in [-0.25, -0.2) is 0 Å². The molecule has 1 saturated heterocycles. The van der Waals surface area contributed by atoms with Crippen LogP contribution in [0.3, 0.4) is 0 Å². The molecule has 6 fully saturated rings. The first-order chi connectivity index (χ1) is 21.0. The monoisotopic (exact) mass is 634 g/mol. The van der Waals surface area contributed by atoms with Crippen LogP contribution in [-0.4, -0.2) is 83.2 Å². The number of aldehydes is 1. The van der Waals surface area contributed by atoms with E-state index in [2.05, 4.69) is 34.6 Å². The minimum atomic E-state index is -1.27. The van der Waals surface area contributed by atoms with E-state index >= 15 is 0 Å². The van der Waals surface area contributed by atoms with E-state index in [0.29, 0.717) is 30.5 Å². The van der Waals surface area contributed by atoms with Gasteiger partial charge in [-0.3, -0.25) is 4.79 Å². The van der Waals surface area contributed by atoms with Gasteiger partial charge in [0.2, 0.25) is 0 Å². The summed E-state index contributed by atoms with van der Waals surface area (Å²) in [6.07, 6.45) is 4.56. The van der Waals surface area contributed by atoms with Crippen LogP contribution in [0.15, 0.2) is 0 Å². The second-order valence-electron chi connectivity index (χ2n) is 17.2. The van der Waals surface area contributed by atoms with Crippen molar-refractivity contribution in [2.24, 2.45) is 57.2 Å². The van der Waals surface area contributed by atoms with Gasteiger partial charge in [0, 0.05) is 6.92 Å².